The number of thiophene rings is 1. The van der Waals surface area contributed by atoms with Crippen molar-refractivity contribution in [2.75, 3.05) is 0 Å². The van der Waals surface area contributed by atoms with Crippen LogP contribution in [0.15, 0.2) is 6.33 Å². The van der Waals surface area contributed by atoms with Gasteiger partial charge in [-0.3, -0.25) is 4.79 Å². The van der Waals surface area contributed by atoms with E-state index >= 15 is 0 Å². The summed E-state index contributed by atoms with van der Waals surface area (Å²) < 4.78 is 11.7. The van der Waals surface area contributed by atoms with Gasteiger partial charge in [0, 0.05) is 17.3 Å². The molecule has 174 valence electrons. The lowest BCUT2D eigenvalue weighted by atomic mass is 9.85. The Labute approximate surface area is 192 Å². The Balaban J connectivity index is 1.41. The van der Waals surface area contributed by atoms with Gasteiger partial charge in [-0.1, -0.05) is 0 Å². The fourth-order valence-electron chi connectivity index (χ4n) is 4.66. The number of fused-ring (bicyclic) bond motifs is 3. The number of hydrogen-bond acceptors (Lipinski definition) is 7. The van der Waals surface area contributed by atoms with Gasteiger partial charge in [0.25, 0.3) is 0 Å². The molecule has 2 aromatic heterocycles. The van der Waals surface area contributed by atoms with Crippen LogP contribution in [0.5, 0.6) is 5.88 Å². The molecule has 1 fully saturated rings. The van der Waals surface area contributed by atoms with E-state index in [1.165, 1.54) is 10.4 Å². The molecule has 4 rings (SSSR count). The highest BCUT2D eigenvalue weighted by Crippen LogP contribution is 2.41. The van der Waals surface area contributed by atoms with E-state index < -0.39 is 5.60 Å². The van der Waals surface area contributed by atoms with Gasteiger partial charge in [0.2, 0.25) is 11.8 Å². The molecule has 2 heterocycles. The maximum atomic E-state index is 12.0. The zero-order valence-electron chi connectivity index (χ0n) is 19.0. The molecule has 0 aliphatic heterocycles. The molecule has 32 heavy (non-hydrogen) atoms. The molecule has 1 saturated carbocycles. The smallest absolute Gasteiger partial charge is 0.407 e. The SMILES string of the molecule is CC(C)(C)OC(=O)NC1CCC(Oc2ncnc3sc4c(c23)C[C@@H](CC(N)=O)CC4)CC1. The number of alkyl carbamates (subject to hydrolysis) is 1. The van der Waals surface area contributed by atoms with E-state index in [1.807, 2.05) is 20.8 Å². The van der Waals surface area contributed by atoms with Gasteiger partial charge < -0.3 is 20.5 Å². The third-order valence-corrected chi connectivity index (χ3v) is 7.27. The van der Waals surface area contributed by atoms with Crippen LogP contribution in [0.2, 0.25) is 0 Å². The summed E-state index contributed by atoms with van der Waals surface area (Å²) in [5.41, 5.74) is 6.16. The summed E-state index contributed by atoms with van der Waals surface area (Å²) in [4.78, 5) is 34.7. The van der Waals surface area contributed by atoms with E-state index in [9.17, 15) is 9.59 Å². The van der Waals surface area contributed by atoms with Crippen molar-refractivity contribution < 1.29 is 19.1 Å². The molecule has 0 aromatic carbocycles. The van der Waals surface area contributed by atoms with Crippen molar-refractivity contribution in [3.8, 4) is 5.88 Å². The average Bonchev–Trinajstić information content (AvgIpc) is 3.06. The quantitative estimate of drug-likeness (QED) is 0.699. The van der Waals surface area contributed by atoms with Gasteiger partial charge in [-0.05, 0) is 77.2 Å². The van der Waals surface area contributed by atoms with Crippen molar-refractivity contribution in [3.63, 3.8) is 0 Å². The number of nitrogens with zero attached hydrogens (tertiary/aromatic N) is 2. The Morgan fingerprint density at radius 3 is 2.62 bits per heavy atom. The summed E-state index contributed by atoms with van der Waals surface area (Å²) in [6, 6.07) is 0.0959. The van der Waals surface area contributed by atoms with Gasteiger partial charge in [0.05, 0.1) is 5.39 Å². The standard InChI is InChI=1S/C23H32N4O4S/c1-23(2,3)31-22(29)27-14-5-7-15(8-6-14)30-20-19-16-10-13(11-18(24)28)4-9-17(16)32-21(19)26-12-25-20/h12-15H,4-11H2,1-3H3,(H2,24,28)(H,27,29)/t13-,14?,15?/m0/s1. The van der Waals surface area contributed by atoms with Crippen molar-refractivity contribution in [2.45, 2.75) is 89.9 Å². The van der Waals surface area contributed by atoms with E-state index in [1.54, 1.807) is 17.7 Å². The number of rotatable bonds is 5. The number of carbonyl (C=O) groups is 2. The highest BCUT2D eigenvalue weighted by Gasteiger charge is 2.29. The number of hydrogen-bond donors (Lipinski definition) is 2. The number of aromatic nitrogens is 2. The van der Waals surface area contributed by atoms with E-state index in [4.69, 9.17) is 15.2 Å². The number of carbonyl (C=O) groups excluding carboxylic acids is 2. The number of nitrogens with one attached hydrogen (secondary N) is 1. The Bertz CT molecular complexity index is 992. The Kier molecular flexibility index (Phi) is 6.55. The van der Waals surface area contributed by atoms with Crippen molar-refractivity contribution >= 4 is 33.6 Å². The topological polar surface area (TPSA) is 116 Å². The highest BCUT2D eigenvalue weighted by molar-refractivity contribution is 7.18. The highest BCUT2D eigenvalue weighted by atomic mass is 32.1. The zero-order chi connectivity index (χ0) is 22.9. The molecule has 3 N–H and O–H groups in total. The monoisotopic (exact) mass is 460 g/mol. The van der Waals surface area contributed by atoms with Gasteiger partial charge >= 0.3 is 6.09 Å². The van der Waals surface area contributed by atoms with Gasteiger partial charge in [-0.2, -0.15) is 0 Å². The molecule has 0 bridgehead atoms. The average molecular weight is 461 g/mol. The Morgan fingerprint density at radius 2 is 1.94 bits per heavy atom. The minimum Gasteiger partial charge on any atom is -0.474 e. The molecular formula is C23H32N4O4S. The normalized spacial score (nSPS) is 23.4. The lowest BCUT2D eigenvalue weighted by molar-refractivity contribution is -0.119. The second-order valence-corrected chi connectivity index (χ2v) is 11.0. The number of nitrogens with two attached hydrogens (primary N) is 1. The summed E-state index contributed by atoms with van der Waals surface area (Å²) in [7, 11) is 0. The number of ether oxygens (including phenoxy) is 2. The van der Waals surface area contributed by atoms with Gasteiger partial charge in [0.1, 0.15) is 22.9 Å². The van der Waals surface area contributed by atoms with Crippen LogP contribution in [0.3, 0.4) is 0 Å². The van der Waals surface area contributed by atoms with Crippen LogP contribution in [-0.2, 0) is 22.4 Å². The maximum Gasteiger partial charge on any atom is 0.407 e. The summed E-state index contributed by atoms with van der Waals surface area (Å²) in [6.07, 6.45) is 7.72. The third-order valence-electron chi connectivity index (χ3n) is 6.07. The minimum absolute atomic E-state index is 0.0466. The predicted octanol–water partition coefficient (Wildman–Crippen LogP) is 3.89. The van der Waals surface area contributed by atoms with Crippen LogP contribution in [0.1, 0.15) is 69.7 Å². The Hall–Kier alpha value is -2.42. The summed E-state index contributed by atoms with van der Waals surface area (Å²) >= 11 is 1.70. The molecule has 8 nitrogen and oxygen atoms in total. The zero-order valence-corrected chi connectivity index (χ0v) is 19.8. The molecule has 2 aliphatic carbocycles. The van der Waals surface area contributed by atoms with E-state index in [-0.39, 0.29) is 30.1 Å². The molecular weight excluding hydrogens is 428 g/mol. The first-order valence-electron chi connectivity index (χ1n) is 11.4. The second-order valence-electron chi connectivity index (χ2n) is 9.88. The van der Waals surface area contributed by atoms with E-state index in [2.05, 4.69) is 15.3 Å². The van der Waals surface area contributed by atoms with E-state index in [0.717, 1.165) is 55.2 Å². The van der Waals surface area contributed by atoms with Crippen LogP contribution in [0, 0.1) is 5.92 Å². The summed E-state index contributed by atoms with van der Waals surface area (Å²) in [5, 5.41) is 3.96. The minimum atomic E-state index is -0.501. The Morgan fingerprint density at radius 1 is 1.19 bits per heavy atom. The van der Waals surface area contributed by atoms with Gasteiger partial charge in [0.15, 0.2) is 0 Å². The summed E-state index contributed by atoms with van der Waals surface area (Å²) in [6.45, 7) is 5.58. The first kappa shape index (κ1) is 22.8. The molecule has 0 spiro atoms. The van der Waals surface area contributed by atoms with Crippen molar-refractivity contribution in [2.24, 2.45) is 11.7 Å². The van der Waals surface area contributed by atoms with Crippen molar-refractivity contribution in [3.05, 3.63) is 16.8 Å². The first-order chi connectivity index (χ1) is 15.2. The van der Waals surface area contributed by atoms with Crippen molar-refractivity contribution in [1.29, 1.82) is 0 Å². The fourth-order valence-corrected chi connectivity index (χ4v) is 5.83. The predicted molar refractivity (Wildman–Crippen MR) is 123 cm³/mol. The molecule has 9 heteroatoms. The molecule has 1 atom stereocenters. The van der Waals surface area contributed by atoms with Crippen LogP contribution in [0.4, 0.5) is 4.79 Å². The van der Waals surface area contributed by atoms with Crippen LogP contribution in [0.25, 0.3) is 10.2 Å². The number of primary amides is 1. The van der Waals surface area contributed by atoms with Gasteiger partial charge in [-0.15, -0.1) is 11.3 Å². The van der Waals surface area contributed by atoms with Gasteiger partial charge in [-0.25, -0.2) is 14.8 Å². The molecule has 2 aliphatic rings. The number of aryl methyl sites for hydroxylation is 1. The maximum absolute atomic E-state index is 12.0. The van der Waals surface area contributed by atoms with Crippen molar-refractivity contribution in [1.82, 2.24) is 15.3 Å². The fraction of sp³-hybridized carbons (Fsp3) is 0.652. The number of amides is 2. The first-order valence-corrected chi connectivity index (χ1v) is 12.2. The lowest BCUT2D eigenvalue weighted by Crippen LogP contribution is -2.42. The van der Waals surface area contributed by atoms with Crippen LogP contribution < -0.4 is 15.8 Å². The third kappa shape index (κ3) is 5.49. The summed E-state index contributed by atoms with van der Waals surface area (Å²) in [5.74, 6) is 0.651. The molecule has 2 amide bonds. The molecule has 0 unspecified atom stereocenters. The second kappa shape index (κ2) is 9.21. The van der Waals surface area contributed by atoms with Crippen LogP contribution in [-0.4, -0.2) is 39.7 Å². The molecule has 0 radical (unpaired) electrons. The molecule has 2 aromatic rings. The largest absolute Gasteiger partial charge is 0.474 e. The van der Waals surface area contributed by atoms with Crippen LogP contribution >= 0.6 is 11.3 Å². The van der Waals surface area contributed by atoms with E-state index in [0.29, 0.717) is 12.3 Å². The molecule has 0 saturated heterocycles. The lowest BCUT2D eigenvalue weighted by Gasteiger charge is -2.30.